The molecule has 1 heterocycles. The number of hydrogen-bond donors (Lipinski definition) is 2. The number of hydrazone groups is 1. The van der Waals surface area contributed by atoms with E-state index in [1.807, 2.05) is 0 Å². The van der Waals surface area contributed by atoms with Crippen LogP contribution in [-0.2, 0) is 0 Å². The summed E-state index contributed by atoms with van der Waals surface area (Å²) in [6, 6.07) is 8.33. The topological polar surface area (TPSA) is 118 Å². The number of nitro benzene ring substituents is 1. The molecule has 0 bridgehead atoms. The number of rotatable bonds is 4. The molecule has 1 amide bonds. The highest BCUT2D eigenvalue weighted by Gasteiger charge is 2.12. The highest BCUT2D eigenvalue weighted by molar-refractivity contribution is 5.93. The Morgan fingerprint density at radius 3 is 2.86 bits per heavy atom. The molecular weight excluding hydrogens is 276 g/mol. The van der Waals surface area contributed by atoms with Crippen LogP contribution in [0.25, 0.3) is 0 Å². The number of carbonyl (C=O) groups is 1. The molecule has 0 aliphatic heterocycles. The quantitative estimate of drug-likeness (QED) is 0.501. The minimum Gasteiger partial charge on any atom is -0.508 e. The molecule has 106 valence electrons. The van der Waals surface area contributed by atoms with Crippen LogP contribution in [0.4, 0.5) is 5.69 Å². The Morgan fingerprint density at radius 1 is 1.38 bits per heavy atom. The maximum absolute atomic E-state index is 11.7. The van der Waals surface area contributed by atoms with Crippen LogP contribution < -0.4 is 5.43 Å². The van der Waals surface area contributed by atoms with E-state index in [2.05, 4.69) is 15.5 Å². The Labute approximate surface area is 118 Å². The molecule has 21 heavy (non-hydrogen) atoms. The number of nitro groups is 1. The van der Waals surface area contributed by atoms with Gasteiger partial charge >= 0.3 is 0 Å². The van der Waals surface area contributed by atoms with Gasteiger partial charge in [0, 0.05) is 12.3 Å². The van der Waals surface area contributed by atoms with Gasteiger partial charge in [-0.2, -0.15) is 5.10 Å². The average Bonchev–Trinajstić information content (AvgIpc) is 2.48. The molecule has 1 aromatic heterocycles. The second-order valence-electron chi connectivity index (χ2n) is 3.91. The molecule has 0 radical (unpaired) electrons. The molecule has 0 fully saturated rings. The summed E-state index contributed by atoms with van der Waals surface area (Å²) in [6.07, 6.45) is 2.54. The van der Waals surface area contributed by atoms with Crippen LogP contribution >= 0.6 is 0 Å². The summed E-state index contributed by atoms with van der Waals surface area (Å²) in [6.45, 7) is 0. The lowest BCUT2D eigenvalue weighted by atomic mass is 10.2. The summed E-state index contributed by atoms with van der Waals surface area (Å²) in [5.41, 5.74) is 2.20. The number of pyridine rings is 1. The Hall–Kier alpha value is -3.29. The number of nitrogens with one attached hydrogen (secondary N) is 1. The van der Waals surface area contributed by atoms with E-state index >= 15 is 0 Å². The van der Waals surface area contributed by atoms with Crippen LogP contribution in [0.15, 0.2) is 47.7 Å². The van der Waals surface area contributed by atoms with Gasteiger partial charge in [0.05, 0.1) is 16.7 Å². The molecule has 2 rings (SSSR count). The van der Waals surface area contributed by atoms with Crippen molar-refractivity contribution in [2.75, 3.05) is 0 Å². The van der Waals surface area contributed by atoms with Crippen molar-refractivity contribution in [3.05, 3.63) is 64.0 Å². The Balaban J connectivity index is 2.13. The standard InChI is InChI=1S/C13H10N4O4/c18-10-4-5-12(17(20)21)9(7-10)8-15-16-13(19)11-3-1-2-6-14-11/h1-8,18H,(H,16,19)/b15-8-. The first kappa shape index (κ1) is 14.1. The highest BCUT2D eigenvalue weighted by Crippen LogP contribution is 2.21. The highest BCUT2D eigenvalue weighted by atomic mass is 16.6. The Bertz CT molecular complexity index is 701. The van der Waals surface area contributed by atoms with Crippen LogP contribution in [0.2, 0.25) is 0 Å². The van der Waals surface area contributed by atoms with E-state index in [9.17, 15) is 20.0 Å². The zero-order valence-electron chi connectivity index (χ0n) is 10.6. The lowest BCUT2D eigenvalue weighted by Crippen LogP contribution is -2.18. The van der Waals surface area contributed by atoms with Gasteiger partial charge in [0.1, 0.15) is 11.4 Å². The molecule has 8 heteroatoms. The molecule has 1 aromatic carbocycles. The normalized spacial score (nSPS) is 10.5. The van der Waals surface area contributed by atoms with Crippen molar-refractivity contribution in [2.24, 2.45) is 5.10 Å². The number of phenols is 1. The molecule has 0 spiro atoms. The van der Waals surface area contributed by atoms with E-state index in [4.69, 9.17) is 0 Å². The number of aromatic nitrogens is 1. The Kier molecular flexibility index (Phi) is 4.20. The van der Waals surface area contributed by atoms with Crippen molar-refractivity contribution in [2.45, 2.75) is 0 Å². The van der Waals surface area contributed by atoms with Gasteiger partial charge in [-0.05, 0) is 24.3 Å². The van der Waals surface area contributed by atoms with E-state index in [-0.39, 0.29) is 22.7 Å². The van der Waals surface area contributed by atoms with E-state index in [1.165, 1.54) is 24.4 Å². The van der Waals surface area contributed by atoms with Crippen LogP contribution in [0.1, 0.15) is 16.1 Å². The summed E-state index contributed by atoms with van der Waals surface area (Å²) >= 11 is 0. The van der Waals surface area contributed by atoms with E-state index in [1.54, 1.807) is 12.1 Å². The molecule has 2 N–H and O–H groups in total. The number of carbonyl (C=O) groups excluding carboxylic acids is 1. The summed E-state index contributed by atoms with van der Waals surface area (Å²) in [5, 5.41) is 23.8. The van der Waals surface area contributed by atoms with Gasteiger partial charge in [-0.25, -0.2) is 5.43 Å². The fraction of sp³-hybridized carbons (Fsp3) is 0. The first-order valence-electron chi connectivity index (χ1n) is 5.80. The third-order valence-electron chi connectivity index (χ3n) is 2.48. The van der Waals surface area contributed by atoms with Crippen molar-refractivity contribution < 1.29 is 14.8 Å². The zero-order chi connectivity index (χ0) is 15.2. The number of hydrogen-bond acceptors (Lipinski definition) is 6. The summed E-state index contributed by atoms with van der Waals surface area (Å²) in [7, 11) is 0. The third kappa shape index (κ3) is 3.60. The maximum atomic E-state index is 11.7. The molecule has 0 unspecified atom stereocenters. The van der Waals surface area contributed by atoms with Gasteiger partial charge in [-0.1, -0.05) is 6.07 Å². The van der Waals surface area contributed by atoms with Crippen LogP contribution in [0.3, 0.4) is 0 Å². The minimum atomic E-state index is -0.610. The van der Waals surface area contributed by atoms with Crippen LogP contribution in [-0.4, -0.2) is 27.1 Å². The van der Waals surface area contributed by atoms with Gasteiger partial charge in [-0.15, -0.1) is 0 Å². The predicted octanol–water partition coefficient (Wildman–Crippen LogP) is 1.46. The second kappa shape index (κ2) is 6.24. The molecular formula is C13H10N4O4. The number of nitrogens with zero attached hydrogens (tertiary/aromatic N) is 3. The second-order valence-corrected chi connectivity index (χ2v) is 3.91. The van der Waals surface area contributed by atoms with Crippen molar-refractivity contribution >= 4 is 17.8 Å². The molecule has 0 aliphatic carbocycles. The molecule has 0 aliphatic rings. The number of amides is 1. The van der Waals surface area contributed by atoms with E-state index in [0.717, 1.165) is 12.3 Å². The largest absolute Gasteiger partial charge is 0.508 e. The molecule has 0 saturated heterocycles. The first-order valence-corrected chi connectivity index (χ1v) is 5.80. The summed E-state index contributed by atoms with van der Waals surface area (Å²) < 4.78 is 0. The van der Waals surface area contributed by atoms with Crippen molar-refractivity contribution in [1.82, 2.24) is 10.4 Å². The lowest BCUT2D eigenvalue weighted by molar-refractivity contribution is -0.385. The minimum absolute atomic E-state index is 0.0707. The smallest absolute Gasteiger partial charge is 0.289 e. The van der Waals surface area contributed by atoms with Crippen LogP contribution in [0, 0.1) is 10.1 Å². The van der Waals surface area contributed by atoms with E-state index in [0.29, 0.717) is 0 Å². The van der Waals surface area contributed by atoms with Crippen molar-refractivity contribution in [3.63, 3.8) is 0 Å². The van der Waals surface area contributed by atoms with Crippen molar-refractivity contribution in [1.29, 1.82) is 0 Å². The van der Waals surface area contributed by atoms with Gasteiger partial charge in [0.2, 0.25) is 0 Å². The van der Waals surface area contributed by atoms with Gasteiger partial charge in [-0.3, -0.25) is 19.9 Å². The maximum Gasteiger partial charge on any atom is 0.289 e. The first-order chi connectivity index (χ1) is 10.1. The monoisotopic (exact) mass is 286 g/mol. The van der Waals surface area contributed by atoms with E-state index < -0.39 is 10.8 Å². The Morgan fingerprint density at radius 2 is 2.19 bits per heavy atom. The van der Waals surface area contributed by atoms with Gasteiger partial charge in [0.25, 0.3) is 11.6 Å². The SMILES string of the molecule is O=C(N/N=C\c1cc(O)ccc1[N+](=O)[O-])c1ccccn1. The molecule has 0 saturated carbocycles. The third-order valence-corrected chi connectivity index (χ3v) is 2.48. The molecule has 0 atom stereocenters. The fourth-order valence-corrected chi connectivity index (χ4v) is 1.53. The zero-order valence-corrected chi connectivity index (χ0v) is 10.6. The lowest BCUT2D eigenvalue weighted by Gasteiger charge is -1.99. The summed E-state index contributed by atoms with van der Waals surface area (Å²) in [5.74, 6) is -0.687. The van der Waals surface area contributed by atoms with Crippen LogP contribution in [0.5, 0.6) is 5.75 Å². The number of aromatic hydroxyl groups is 1. The predicted molar refractivity (Wildman–Crippen MR) is 74.1 cm³/mol. The summed E-state index contributed by atoms with van der Waals surface area (Å²) in [4.78, 5) is 25.7. The number of phenolic OH excluding ortho intramolecular Hbond substituents is 1. The average molecular weight is 286 g/mol. The van der Waals surface area contributed by atoms with Gasteiger partial charge < -0.3 is 5.11 Å². The fourth-order valence-electron chi connectivity index (χ4n) is 1.53. The van der Waals surface area contributed by atoms with Crippen molar-refractivity contribution in [3.8, 4) is 5.75 Å². The molecule has 2 aromatic rings. The molecule has 8 nitrogen and oxygen atoms in total. The van der Waals surface area contributed by atoms with Gasteiger partial charge in [0.15, 0.2) is 0 Å². The number of benzene rings is 1.